The SMILES string of the molecule is CCCNc1nc(NCC)cc(C(F)(F)F)n1. The maximum absolute atomic E-state index is 12.6. The largest absolute Gasteiger partial charge is 0.433 e. The smallest absolute Gasteiger partial charge is 0.370 e. The van der Waals surface area contributed by atoms with Crippen molar-refractivity contribution >= 4 is 11.8 Å². The third kappa shape index (κ3) is 4.08. The fraction of sp³-hybridized carbons (Fsp3) is 0.600. The van der Waals surface area contributed by atoms with E-state index in [1.54, 1.807) is 6.92 Å². The minimum Gasteiger partial charge on any atom is -0.370 e. The zero-order chi connectivity index (χ0) is 12.9. The van der Waals surface area contributed by atoms with E-state index in [9.17, 15) is 13.2 Å². The van der Waals surface area contributed by atoms with Crippen LogP contribution in [0.5, 0.6) is 0 Å². The normalized spacial score (nSPS) is 11.4. The second-order valence-corrected chi connectivity index (χ2v) is 3.42. The van der Waals surface area contributed by atoms with Gasteiger partial charge in [0.05, 0.1) is 0 Å². The molecule has 1 rings (SSSR count). The quantitative estimate of drug-likeness (QED) is 0.841. The van der Waals surface area contributed by atoms with Crippen LogP contribution >= 0.6 is 0 Å². The lowest BCUT2D eigenvalue weighted by molar-refractivity contribution is -0.141. The molecule has 1 aromatic rings. The van der Waals surface area contributed by atoms with Crippen molar-refractivity contribution in [1.29, 1.82) is 0 Å². The molecule has 96 valence electrons. The van der Waals surface area contributed by atoms with Gasteiger partial charge in [-0.05, 0) is 13.3 Å². The van der Waals surface area contributed by atoms with Gasteiger partial charge in [0, 0.05) is 19.2 Å². The molecule has 1 aromatic heterocycles. The molecule has 0 amide bonds. The van der Waals surface area contributed by atoms with Crippen molar-refractivity contribution in [3.8, 4) is 0 Å². The summed E-state index contributed by atoms with van der Waals surface area (Å²) in [4.78, 5) is 7.38. The van der Waals surface area contributed by atoms with Gasteiger partial charge >= 0.3 is 6.18 Å². The number of aromatic nitrogens is 2. The van der Waals surface area contributed by atoms with Crippen LogP contribution < -0.4 is 10.6 Å². The first-order valence-corrected chi connectivity index (χ1v) is 5.41. The lowest BCUT2D eigenvalue weighted by Gasteiger charge is -2.11. The highest BCUT2D eigenvalue weighted by atomic mass is 19.4. The lowest BCUT2D eigenvalue weighted by atomic mass is 10.3. The summed E-state index contributed by atoms with van der Waals surface area (Å²) in [5, 5.41) is 5.49. The van der Waals surface area contributed by atoms with Gasteiger partial charge in [0.15, 0.2) is 5.69 Å². The topological polar surface area (TPSA) is 49.8 Å². The first-order valence-electron chi connectivity index (χ1n) is 5.41. The molecule has 0 saturated heterocycles. The summed E-state index contributed by atoms with van der Waals surface area (Å²) < 4.78 is 37.7. The van der Waals surface area contributed by atoms with Gasteiger partial charge in [0.2, 0.25) is 5.95 Å². The first-order chi connectivity index (χ1) is 7.97. The Balaban J connectivity index is 3.01. The van der Waals surface area contributed by atoms with Gasteiger partial charge in [-0.25, -0.2) is 4.98 Å². The van der Waals surface area contributed by atoms with E-state index in [2.05, 4.69) is 20.6 Å². The van der Waals surface area contributed by atoms with Gasteiger partial charge in [-0.2, -0.15) is 18.2 Å². The molecule has 17 heavy (non-hydrogen) atoms. The molecule has 0 aliphatic rings. The number of nitrogens with one attached hydrogen (secondary N) is 2. The first kappa shape index (κ1) is 13.5. The van der Waals surface area contributed by atoms with Crippen molar-refractivity contribution in [3.05, 3.63) is 11.8 Å². The number of rotatable bonds is 5. The van der Waals surface area contributed by atoms with Crippen molar-refractivity contribution < 1.29 is 13.2 Å². The van der Waals surface area contributed by atoms with Crippen molar-refractivity contribution in [2.75, 3.05) is 23.7 Å². The molecule has 0 atom stereocenters. The van der Waals surface area contributed by atoms with Gasteiger partial charge in [-0.15, -0.1) is 0 Å². The predicted octanol–water partition coefficient (Wildman–Crippen LogP) is 2.75. The highest BCUT2D eigenvalue weighted by Gasteiger charge is 2.33. The molecular weight excluding hydrogens is 233 g/mol. The zero-order valence-electron chi connectivity index (χ0n) is 9.73. The summed E-state index contributed by atoms with van der Waals surface area (Å²) in [6.45, 7) is 4.73. The second kappa shape index (κ2) is 5.70. The summed E-state index contributed by atoms with van der Waals surface area (Å²) in [5.41, 5.74) is -0.943. The third-order valence-corrected chi connectivity index (χ3v) is 1.91. The van der Waals surface area contributed by atoms with E-state index in [1.807, 2.05) is 6.92 Å². The monoisotopic (exact) mass is 248 g/mol. The van der Waals surface area contributed by atoms with Crippen molar-refractivity contribution in [3.63, 3.8) is 0 Å². The fourth-order valence-electron chi connectivity index (χ4n) is 1.18. The second-order valence-electron chi connectivity index (χ2n) is 3.42. The molecule has 0 spiro atoms. The summed E-state index contributed by atoms with van der Waals surface area (Å²) in [7, 11) is 0. The maximum Gasteiger partial charge on any atom is 0.433 e. The van der Waals surface area contributed by atoms with Crippen LogP contribution in [0.15, 0.2) is 6.07 Å². The summed E-state index contributed by atoms with van der Waals surface area (Å²) in [5.74, 6) is 0.172. The highest BCUT2D eigenvalue weighted by Crippen LogP contribution is 2.29. The molecule has 0 unspecified atom stereocenters. The molecule has 0 aromatic carbocycles. The zero-order valence-corrected chi connectivity index (χ0v) is 9.73. The van der Waals surface area contributed by atoms with Crippen molar-refractivity contribution in [2.24, 2.45) is 0 Å². The van der Waals surface area contributed by atoms with Gasteiger partial charge in [0.25, 0.3) is 0 Å². The third-order valence-electron chi connectivity index (χ3n) is 1.91. The van der Waals surface area contributed by atoms with E-state index in [0.29, 0.717) is 13.1 Å². The molecule has 7 heteroatoms. The van der Waals surface area contributed by atoms with Crippen LogP contribution in [0, 0.1) is 0 Å². The van der Waals surface area contributed by atoms with Gasteiger partial charge in [-0.3, -0.25) is 0 Å². The standard InChI is InChI=1S/C10H15F3N4/c1-3-5-15-9-16-7(10(11,12)13)6-8(17-9)14-4-2/h6H,3-5H2,1-2H3,(H2,14,15,16,17). The summed E-state index contributed by atoms with van der Waals surface area (Å²) in [6.07, 6.45) is -3.67. The van der Waals surface area contributed by atoms with E-state index in [4.69, 9.17) is 0 Å². The van der Waals surface area contributed by atoms with Crippen molar-refractivity contribution in [2.45, 2.75) is 26.4 Å². The number of anilines is 2. The van der Waals surface area contributed by atoms with E-state index in [1.165, 1.54) is 0 Å². The van der Waals surface area contributed by atoms with Crippen LogP contribution in [-0.2, 0) is 6.18 Å². The van der Waals surface area contributed by atoms with E-state index in [-0.39, 0.29) is 11.8 Å². The number of nitrogens with zero attached hydrogens (tertiary/aromatic N) is 2. The van der Waals surface area contributed by atoms with Crippen molar-refractivity contribution in [1.82, 2.24) is 9.97 Å². The Kier molecular flexibility index (Phi) is 4.53. The Morgan fingerprint density at radius 1 is 1.18 bits per heavy atom. The summed E-state index contributed by atoms with van der Waals surface area (Å²) in [6, 6.07) is 0.903. The van der Waals surface area contributed by atoms with Gasteiger partial charge in [0.1, 0.15) is 5.82 Å². The van der Waals surface area contributed by atoms with Crippen LogP contribution in [-0.4, -0.2) is 23.1 Å². The summed E-state index contributed by atoms with van der Waals surface area (Å²) >= 11 is 0. The Morgan fingerprint density at radius 2 is 1.88 bits per heavy atom. The maximum atomic E-state index is 12.6. The molecule has 0 fully saturated rings. The van der Waals surface area contributed by atoms with E-state index < -0.39 is 11.9 Å². The number of hydrogen-bond donors (Lipinski definition) is 2. The molecule has 4 nitrogen and oxygen atoms in total. The molecule has 0 bridgehead atoms. The van der Waals surface area contributed by atoms with Gasteiger partial charge < -0.3 is 10.6 Å². The molecule has 2 N–H and O–H groups in total. The van der Waals surface area contributed by atoms with Crippen LogP contribution in [0.1, 0.15) is 26.0 Å². The highest BCUT2D eigenvalue weighted by molar-refractivity contribution is 5.42. The molecule has 1 heterocycles. The molecule has 0 aliphatic heterocycles. The number of alkyl halides is 3. The van der Waals surface area contributed by atoms with E-state index in [0.717, 1.165) is 12.5 Å². The number of hydrogen-bond acceptors (Lipinski definition) is 4. The van der Waals surface area contributed by atoms with Crippen LogP contribution in [0.4, 0.5) is 24.9 Å². The predicted molar refractivity (Wildman–Crippen MR) is 60.0 cm³/mol. The molecular formula is C10H15F3N4. The van der Waals surface area contributed by atoms with Crippen LogP contribution in [0.2, 0.25) is 0 Å². The minimum atomic E-state index is -4.46. The average Bonchev–Trinajstić information content (AvgIpc) is 2.25. The Labute approximate surface area is 97.7 Å². The number of halogens is 3. The Bertz CT molecular complexity index is 365. The molecule has 0 aliphatic carbocycles. The fourth-order valence-corrected chi connectivity index (χ4v) is 1.18. The average molecular weight is 248 g/mol. The lowest BCUT2D eigenvalue weighted by Crippen LogP contribution is -2.14. The Hall–Kier alpha value is -1.53. The Morgan fingerprint density at radius 3 is 2.41 bits per heavy atom. The molecule has 0 saturated carbocycles. The van der Waals surface area contributed by atoms with E-state index >= 15 is 0 Å². The van der Waals surface area contributed by atoms with Crippen LogP contribution in [0.25, 0.3) is 0 Å². The minimum absolute atomic E-state index is 0.00220. The van der Waals surface area contributed by atoms with Crippen LogP contribution in [0.3, 0.4) is 0 Å². The van der Waals surface area contributed by atoms with Gasteiger partial charge in [-0.1, -0.05) is 6.92 Å². The molecule has 0 radical (unpaired) electrons.